The summed E-state index contributed by atoms with van der Waals surface area (Å²) >= 11 is 2.03. The zero-order valence-electron chi connectivity index (χ0n) is 10.3. The van der Waals surface area contributed by atoms with Crippen molar-refractivity contribution in [1.82, 2.24) is 15.1 Å². The summed E-state index contributed by atoms with van der Waals surface area (Å²) in [6.45, 7) is 3.99. The number of amides is 2. The number of thioether (sulfide) groups is 1. The van der Waals surface area contributed by atoms with E-state index in [4.69, 9.17) is 0 Å². The number of nitrogens with one attached hydrogen (secondary N) is 1. The van der Waals surface area contributed by atoms with E-state index in [-0.39, 0.29) is 10.9 Å². The predicted octanol–water partition coefficient (Wildman–Crippen LogP) is 1.19. The van der Waals surface area contributed by atoms with Gasteiger partial charge in [-0.15, -0.1) is 11.8 Å². The number of rotatable bonds is 0. The maximum Gasteiger partial charge on any atom is 0.319 e. The van der Waals surface area contributed by atoms with E-state index < -0.39 is 0 Å². The first kappa shape index (κ1) is 12.0. The lowest BCUT2D eigenvalue weighted by molar-refractivity contribution is 0.148. The Labute approximate surface area is 102 Å². The summed E-state index contributed by atoms with van der Waals surface area (Å²) in [6.07, 6.45) is 2.14. The van der Waals surface area contributed by atoms with E-state index in [0.717, 1.165) is 25.9 Å². The van der Waals surface area contributed by atoms with E-state index in [0.29, 0.717) is 6.04 Å². The molecule has 1 unspecified atom stereocenters. The Morgan fingerprint density at radius 2 is 2.06 bits per heavy atom. The molecule has 4 nitrogen and oxygen atoms in total. The van der Waals surface area contributed by atoms with Crippen LogP contribution in [0.5, 0.6) is 0 Å². The molecule has 2 aliphatic heterocycles. The molecule has 0 radical (unpaired) electrons. The molecule has 92 valence electrons. The monoisotopic (exact) mass is 243 g/mol. The standard InChI is InChI=1S/C11H21N3OS/c1-9-8-16-11(12-9)4-6-14(7-5-11)10(15)13(2)3/h9,12H,4-8H2,1-3H3. The second-order valence-electron chi connectivity index (χ2n) is 5.01. The molecule has 2 fully saturated rings. The van der Waals surface area contributed by atoms with Crippen LogP contribution in [0.15, 0.2) is 0 Å². The summed E-state index contributed by atoms with van der Waals surface area (Å²) in [5.41, 5.74) is 0. The molecule has 2 amide bonds. The minimum Gasteiger partial charge on any atom is -0.331 e. The van der Waals surface area contributed by atoms with Gasteiger partial charge in [-0.1, -0.05) is 0 Å². The van der Waals surface area contributed by atoms with Gasteiger partial charge in [0, 0.05) is 39.0 Å². The van der Waals surface area contributed by atoms with Crippen molar-refractivity contribution in [2.75, 3.05) is 32.9 Å². The van der Waals surface area contributed by atoms with Crippen LogP contribution >= 0.6 is 11.8 Å². The first-order valence-electron chi connectivity index (χ1n) is 5.90. The molecule has 2 aliphatic rings. The number of carbonyl (C=O) groups excluding carboxylic acids is 1. The minimum atomic E-state index is 0.144. The van der Waals surface area contributed by atoms with Crippen molar-refractivity contribution >= 4 is 17.8 Å². The van der Waals surface area contributed by atoms with Gasteiger partial charge >= 0.3 is 6.03 Å². The van der Waals surface area contributed by atoms with Crippen LogP contribution in [0, 0.1) is 0 Å². The van der Waals surface area contributed by atoms with Gasteiger partial charge in [0.1, 0.15) is 0 Å². The molecule has 0 aromatic carbocycles. The van der Waals surface area contributed by atoms with Crippen LogP contribution in [0.2, 0.25) is 0 Å². The highest BCUT2D eigenvalue weighted by atomic mass is 32.2. The largest absolute Gasteiger partial charge is 0.331 e. The van der Waals surface area contributed by atoms with Gasteiger partial charge < -0.3 is 9.80 Å². The van der Waals surface area contributed by atoms with Crippen LogP contribution in [-0.2, 0) is 0 Å². The summed E-state index contributed by atoms with van der Waals surface area (Å²) in [7, 11) is 3.63. The minimum absolute atomic E-state index is 0.144. The Bertz CT molecular complexity index is 274. The third-order valence-electron chi connectivity index (χ3n) is 3.34. The van der Waals surface area contributed by atoms with Crippen LogP contribution in [0.1, 0.15) is 19.8 Å². The fourth-order valence-electron chi connectivity index (χ4n) is 2.45. The Balaban J connectivity index is 1.90. The highest BCUT2D eigenvalue weighted by Crippen LogP contribution is 2.38. The molecular weight excluding hydrogens is 222 g/mol. The predicted molar refractivity (Wildman–Crippen MR) is 67.7 cm³/mol. The molecule has 0 aromatic heterocycles. The lowest BCUT2D eigenvalue weighted by Crippen LogP contribution is -2.52. The van der Waals surface area contributed by atoms with Crippen molar-refractivity contribution in [1.29, 1.82) is 0 Å². The van der Waals surface area contributed by atoms with Crippen molar-refractivity contribution in [3.05, 3.63) is 0 Å². The van der Waals surface area contributed by atoms with Gasteiger partial charge in [0.05, 0.1) is 4.87 Å². The van der Waals surface area contributed by atoms with E-state index >= 15 is 0 Å². The molecule has 5 heteroatoms. The second kappa shape index (κ2) is 4.45. The molecule has 0 aliphatic carbocycles. The molecule has 16 heavy (non-hydrogen) atoms. The Morgan fingerprint density at radius 3 is 2.50 bits per heavy atom. The van der Waals surface area contributed by atoms with Crippen LogP contribution in [0.25, 0.3) is 0 Å². The number of nitrogens with zero attached hydrogens (tertiary/aromatic N) is 2. The Morgan fingerprint density at radius 1 is 1.44 bits per heavy atom. The SMILES string of the molecule is CC1CSC2(CCN(C(=O)N(C)C)CC2)N1. The summed E-state index contributed by atoms with van der Waals surface area (Å²) in [4.78, 5) is 15.7. The van der Waals surface area contributed by atoms with Gasteiger partial charge in [-0.3, -0.25) is 5.32 Å². The van der Waals surface area contributed by atoms with Crippen molar-refractivity contribution in [2.24, 2.45) is 0 Å². The van der Waals surface area contributed by atoms with E-state index in [1.807, 2.05) is 30.8 Å². The first-order chi connectivity index (χ1) is 7.52. The van der Waals surface area contributed by atoms with Gasteiger partial charge in [-0.05, 0) is 19.8 Å². The van der Waals surface area contributed by atoms with E-state index in [1.165, 1.54) is 5.75 Å². The number of likely N-dealkylation sites (tertiary alicyclic amines) is 1. The fourth-order valence-corrected chi connectivity index (χ4v) is 3.86. The number of hydrogen-bond donors (Lipinski definition) is 1. The molecule has 2 heterocycles. The molecule has 0 saturated carbocycles. The molecule has 1 spiro atoms. The summed E-state index contributed by atoms with van der Waals surface area (Å²) < 4.78 is 0. The van der Waals surface area contributed by atoms with Crippen molar-refractivity contribution in [3.63, 3.8) is 0 Å². The average molecular weight is 243 g/mol. The third-order valence-corrected chi connectivity index (χ3v) is 5.09. The second-order valence-corrected chi connectivity index (χ2v) is 6.42. The van der Waals surface area contributed by atoms with Crippen LogP contribution < -0.4 is 5.32 Å². The normalized spacial score (nSPS) is 28.4. The van der Waals surface area contributed by atoms with Crippen molar-refractivity contribution in [3.8, 4) is 0 Å². The summed E-state index contributed by atoms with van der Waals surface area (Å²) in [5.74, 6) is 1.20. The first-order valence-corrected chi connectivity index (χ1v) is 6.89. The fraction of sp³-hybridized carbons (Fsp3) is 0.909. The molecule has 2 rings (SSSR count). The van der Waals surface area contributed by atoms with Gasteiger partial charge in [0.2, 0.25) is 0 Å². The lowest BCUT2D eigenvalue weighted by Gasteiger charge is -2.39. The zero-order chi connectivity index (χ0) is 11.8. The van der Waals surface area contributed by atoms with Crippen LogP contribution in [-0.4, -0.2) is 59.7 Å². The van der Waals surface area contributed by atoms with Crippen LogP contribution in [0.3, 0.4) is 0 Å². The smallest absolute Gasteiger partial charge is 0.319 e. The Kier molecular flexibility index (Phi) is 3.35. The topological polar surface area (TPSA) is 35.6 Å². The number of hydrogen-bond acceptors (Lipinski definition) is 3. The number of piperidine rings is 1. The van der Waals surface area contributed by atoms with Gasteiger partial charge in [0.25, 0.3) is 0 Å². The molecule has 0 aromatic rings. The molecular formula is C11H21N3OS. The number of urea groups is 1. The molecule has 1 N–H and O–H groups in total. The molecule has 0 bridgehead atoms. The van der Waals surface area contributed by atoms with Gasteiger partial charge in [-0.2, -0.15) is 0 Å². The maximum absolute atomic E-state index is 11.8. The van der Waals surface area contributed by atoms with E-state index in [2.05, 4.69) is 12.2 Å². The van der Waals surface area contributed by atoms with Crippen LogP contribution in [0.4, 0.5) is 4.79 Å². The van der Waals surface area contributed by atoms with Gasteiger partial charge in [-0.25, -0.2) is 4.79 Å². The summed E-state index contributed by atoms with van der Waals surface area (Å²) in [5, 5.41) is 3.67. The third kappa shape index (κ3) is 2.30. The Hall–Kier alpha value is -0.420. The number of carbonyl (C=O) groups is 1. The lowest BCUT2D eigenvalue weighted by atomic mass is 10.0. The van der Waals surface area contributed by atoms with Crippen molar-refractivity contribution < 1.29 is 4.79 Å². The zero-order valence-corrected chi connectivity index (χ0v) is 11.1. The highest BCUT2D eigenvalue weighted by molar-refractivity contribution is 8.00. The van der Waals surface area contributed by atoms with E-state index in [1.54, 1.807) is 4.90 Å². The van der Waals surface area contributed by atoms with E-state index in [9.17, 15) is 4.79 Å². The van der Waals surface area contributed by atoms with Gasteiger partial charge in [0.15, 0.2) is 0 Å². The summed E-state index contributed by atoms with van der Waals surface area (Å²) in [6, 6.07) is 0.756. The molecule has 1 atom stereocenters. The quantitative estimate of drug-likeness (QED) is 0.694. The maximum atomic E-state index is 11.8. The van der Waals surface area contributed by atoms with Crippen molar-refractivity contribution in [2.45, 2.75) is 30.7 Å². The highest BCUT2D eigenvalue weighted by Gasteiger charge is 2.41. The molecule has 2 saturated heterocycles. The average Bonchev–Trinajstić information content (AvgIpc) is 2.60.